The van der Waals surface area contributed by atoms with Crippen LogP contribution >= 0.6 is 0 Å². The number of anilines is 1. The van der Waals surface area contributed by atoms with Crippen LogP contribution < -0.4 is 14.4 Å². The summed E-state index contributed by atoms with van der Waals surface area (Å²) in [6.45, 7) is 2.12. The van der Waals surface area contributed by atoms with Crippen molar-refractivity contribution >= 4 is 27.5 Å². The van der Waals surface area contributed by atoms with Crippen LogP contribution in [-0.2, 0) is 32.6 Å². The standard InChI is InChI=1S/C35H39N3O5S/c1-3-4-23-36-35(40)33(24-28-15-8-5-9-16-28)37(26-29-17-10-6-11-18-29)34(39)27-38(30-19-14-20-31(25-30)43-2)44(41,42)32-21-12-7-13-22-32/h5-22,25,33H,3-4,23-24,26-27H2,1-2H3,(H,36,40)/t33-/m1/s1. The summed E-state index contributed by atoms with van der Waals surface area (Å²) in [6, 6.07) is 32.6. The first-order valence-corrected chi connectivity index (χ1v) is 16.1. The lowest BCUT2D eigenvalue weighted by atomic mass is 10.0. The normalized spacial score (nSPS) is 11.8. The minimum Gasteiger partial charge on any atom is -0.497 e. The van der Waals surface area contributed by atoms with Crippen molar-refractivity contribution in [3.63, 3.8) is 0 Å². The maximum Gasteiger partial charge on any atom is 0.264 e. The zero-order valence-electron chi connectivity index (χ0n) is 25.1. The Morgan fingerprint density at radius 1 is 0.818 bits per heavy atom. The van der Waals surface area contributed by atoms with Crippen LogP contribution in [0.15, 0.2) is 120 Å². The SMILES string of the molecule is CCCCNC(=O)[C@@H](Cc1ccccc1)N(Cc1ccccc1)C(=O)CN(c1cccc(OC)c1)S(=O)(=O)c1ccccc1. The molecule has 0 spiro atoms. The van der Waals surface area contributed by atoms with Gasteiger partial charge in [-0.05, 0) is 41.8 Å². The lowest BCUT2D eigenvalue weighted by molar-refractivity contribution is -0.140. The number of ether oxygens (including phenoxy) is 1. The molecule has 0 aromatic heterocycles. The summed E-state index contributed by atoms with van der Waals surface area (Å²) in [5, 5.41) is 3.00. The van der Waals surface area contributed by atoms with Gasteiger partial charge in [0.05, 0.1) is 17.7 Å². The number of carbonyl (C=O) groups is 2. The predicted octanol–water partition coefficient (Wildman–Crippen LogP) is 5.45. The van der Waals surface area contributed by atoms with Crippen LogP contribution in [0.4, 0.5) is 5.69 Å². The maximum atomic E-state index is 14.4. The van der Waals surface area contributed by atoms with Crippen molar-refractivity contribution in [3.8, 4) is 5.75 Å². The molecule has 0 aliphatic carbocycles. The number of hydrogen-bond acceptors (Lipinski definition) is 5. The van der Waals surface area contributed by atoms with E-state index in [-0.39, 0.29) is 29.5 Å². The van der Waals surface area contributed by atoms with E-state index in [1.54, 1.807) is 42.5 Å². The van der Waals surface area contributed by atoms with Gasteiger partial charge in [0.2, 0.25) is 11.8 Å². The Bertz CT molecular complexity index is 1600. The Balaban J connectivity index is 1.78. The van der Waals surface area contributed by atoms with Crippen molar-refractivity contribution < 1.29 is 22.7 Å². The quantitative estimate of drug-likeness (QED) is 0.180. The highest BCUT2D eigenvalue weighted by atomic mass is 32.2. The fourth-order valence-corrected chi connectivity index (χ4v) is 6.28. The topological polar surface area (TPSA) is 96.0 Å². The molecule has 0 heterocycles. The van der Waals surface area contributed by atoms with Gasteiger partial charge in [-0.25, -0.2) is 8.42 Å². The number of carbonyl (C=O) groups excluding carboxylic acids is 2. The molecule has 0 fully saturated rings. The Morgan fingerprint density at radius 3 is 2.05 bits per heavy atom. The molecule has 0 radical (unpaired) electrons. The summed E-state index contributed by atoms with van der Waals surface area (Å²) in [5.74, 6) is -0.352. The third-order valence-electron chi connectivity index (χ3n) is 7.25. The highest BCUT2D eigenvalue weighted by Crippen LogP contribution is 2.28. The van der Waals surface area contributed by atoms with Gasteiger partial charge in [-0.15, -0.1) is 0 Å². The zero-order valence-corrected chi connectivity index (χ0v) is 26.0. The van der Waals surface area contributed by atoms with Gasteiger partial charge in [-0.1, -0.05) is 98.3 Å². The molecular formula is C35H39N3O5S. The largest absolute Gasteiger partial charge is 0.497 e. The van der Waals surface area contributed by atoms with Gasteiger partial charge >= 0.3 is 0 Å². The molecule has 1 N–H and O–H groups in total. The molecule has 0 saturated heterocycles. The van der Waals surface area contributed by atoms with E-state index in [2.05, 4.69) is 5.32 Å². The summed E-state index contributed by atoms with van der Waals surface area (Å²) in [6.07, 6.45) is 1.97. The number of methoxy groups -OCH3 is 1. The van der Waals surface area contributed by atoms with Gasteiger partial charge < -0.3 is 15.0 Å². The third kappa shape index (κ3) is 8.48. The first-order chi connectivity index (χ1) is 21.3. The lowest BCUT2D eigenvalue weighted by Gasteiger charge is -2.34. The van der Waals surface area contributed by atoms with E-state index in [4.69, 9.17) is 4.74 Å². The molecule has 0 bridgehead atoms. The van der Waals surface area contributed by atoms with Crippen LogP contribution in [0.3, 0.4) is 0 Å². The Hall–Kier alpha value is -4.63. The molecule has 0 saturated carbocycles. The Kier molecular flexibility index (Phi) is 11.5. The average molecular weight is 614 g/mol. The summed E-state index contributed by atoms with van der Waals surface area (Å²) < 4.78 is 34.6. The molecule has 0 aliphatic rings. The van der Waals surface area contributed by atoms with E-state index in [0.29, 0.717) is 12.3 Å². The van der Waals surface area contributed by atoms with Gasteiger partial charge in [0.25, 0.3) is 10.0 Å². The van der Waals surface area contributed by atoms with Crippen LogP contribution in [-0.4, -0.2) is 51.4 Å². The smallest absolute Gasteiger partial charge is 0.264 e. The third-order valence-corrected chi connectivity index (χ3v) is 9.04. The zero-order chi connectivity index (χ0) is 31.4. The van der Waals surface area contributed by atoms with E-state index in [1.807, 2.05) is 67.6 Å². The summed E-state index contributed by atoms with van der Waals surface area (Å²) in [5.41, 5.74) is 1.97. The minimum absolute atomic E-state index is 0.0448. The number of sulfonamides is 1. The van der Waals surface area contributed by atoms with Gasteiger partial charge in [0.1, 0.15) is 18.3 Å². The molecule has 0 aliphatic heterocycles. The minimum atomic E-state index is -4.17. The Labute approximate surface area is 260 Å². The first kappa shape index (κ1) is 32.3. The van der Waals surface area contributed by atoms with Gasteiger partial charge in [-0.2, -0.15) is 0 Å². The second kappa shape index (κ2) is 15.7. The first-order valence-electron chi connectivity index (χ1n) is 14.7. The van der Waals surface area contributed by atoms with E-state index in [1.165, 1.54) is 24.1 Å². The molecule has 1 atom stereocenters. The second-order valence-corrected chi connectivity index (χ2v) is 12.2. The molecule has 4 aromatic carbocycles. The maximum absolute atomic E-state index is 14.4. The van der Waals surface area contributed by atoms with Crippen molar-refractivity contribution in [1.82, 2.24) is 10.2 Å². The molecule has 4 rings (SSSR count). The molecule has 2 amide bonds. The summed E-state index contributed by atoms with van der Waals surface area (Å²) in [7, 11) is -2.68. The van der Waals surface area contributed by atoms with Crippen LogP contribution in [0.5, 0.6) is 5.75 Å². The van der Waals surface area contributed by atoms with Crippen LogP contribution in [0.25, 0.3) is 0 Å². The van der Waals surface area contributed by atoms with E-state index < -0.39 is 28.5 Å². The molecule has 44 heavy (non-hydrogen) atoms. The summed E-state index contributed by atoms with van der Waals surface area (Å²) in [4.78, 5) is 29.7. The van der Waals surface area contributed by atoms with E-state index in [9.17, 15) is 18.0 Å². The highest BCUT2D eigenvalue weighted by Gasteiger charge is 2.34. The fourth-order valence-electron chi connectivity index (χ4n) is 4.85. The van der Waals surface area contributed by atoms with Crippen molar-refractivity contribution in [1.29, 1.82) is 0 Å². The average Bonchev–Trinajstić information content (AvgIpc) is 3.06. The second-order valence-electron chi connectivity index (χ2n) is 10.4. The van der Waals surface area contributed by atoms with E-state index in [0.717, 1.165) is 28.3 Å². The monoisotopic (exact) mass is 613 g/mol. The predicted molar refractivity (Wildman–Crippen MR) is 173 cm³/mol. The van der Waals surface area contributed by atoms with Crippen LogP contribution in [0.2, 0.25) is 0 Å². The number of nitrogens with one attached hydrogen (secondary N) is 1. The van der Waals surface area contributed by atoms with Crippen molar-refractivity contribution in [2.24, 2.45) is 0 Å². The number of benzene rings is 4. The molecule has 0 unspecified atom stereocenters. The number of amides is 2. The number of rotatable bonds is 15. The molecule has 9 heteroatoms. The van der Waals surface area contributed by atoms with Crippen molar-refractivity contribution in [2.45, 2.75) is 43.7 Å². The van der Waals surface area contributed by atoms with Crippen LogP contribution in [0.1, 0.15) is 30.9 Å². The van der Waals surface area contributed by atoms with E-state index >= 15 is 0 Å². The van der Waals surface area contributed by atoms with Crippen molar-refractivity contribution in [2.75, 3.05) is 24.5 Å². The highest BCUT2D eigenvalue weighted by molar-refractivity contribution is 7.92. The number of nitrogens with zero attached hydrogens (tertiary/aromatic N) is 2. The van der Waals surface area contributed by atoms with Gasteiger partial charge in [0.15, 0.2) is 0 Å². The van der Waals surface area contributed by atoms with Gasteiger partial charge in [-0.3, -0.25) is 13.9 Å². The van der Waals surface area contributed by atoms with Crippen molar-refractivity contribution in [3.05, 3.63) is 126 Å². The van der Waals surface area contributed by atoms with Crippen LogP contribution in [0, 0.1) is 0 Å². The molecule has 8 nitrogen and oxygen atoms in total. The molecule has 230 valence electrons. The fraction of sp³-hybridized carbons (Fsp3) is 0.257. The summed E-state index contributed by atoms with van der Waals surface area (Å²) >= 11 is 0. The Morgan fingerprint density at radius 2 is 1.43 bits per heavy atom. The van der Waals surface area contributed by atoms with Gasteiger partial charge in [0, 0.05) is 25.6 Å². The number of hydrogen-bond donors (Lipinski definition) is 1. The molecule has 4 aromatic rings. The number of unbranched alkanes of at least 4 members (excludes halogenated alkanes) is 1. The lowest BCUT2D eigenvalue weighted by Crippen LogP contribution is -2.53. The molecular weight excluding hydrogens is 574 g/mol.